The van der Waals surface area contributed by atoms with Crippen LogP contribution in [0, 0.1) is 0 Å². The number of β-lactam (4-membered cyclic amide) rings is 1. The number of ether oxygens (including phenoxy) is 2. The Morgan fingerprint density at radius 1 is 1.39 bits per heavy atom. The van der Waals surface area contributed by atoms with Gasteiger partial charge in [0.15, 0.2) is 0 Å². The molecule has 0 aromatic heterocycles. The average Bonchev–Trinajstić information content (AvgIpc) is 2.58. The number of carboxylic acid groups (broad SMARTS) is 1. The van der Waals surface area contributed by atoms with Gasteiger partial charge in [0.25, 0.3) is 0 Å². The van der Waals surface area contributed by atoms with Crippen LogP contribution in [-0.2, 0) is 9.59 Å². The third-order valence-corrected chi connectivity index (χ3v) is 5.12. The maximum Gasteiger partial charge on any atom is 0.352 e. The molecule has 0 radical (unpaired) electrons. The monoisotopic (exact) mass is 336 g/mol. The van der Waals surface area contributed by atoms with Crippen LogP contribution < -0.4 is 15.2 Å². The van der Waals surface area contributed by atoms with E-state index in [9.17, 15) is 14.7 Å². The Hall–Kier alpha value is -2.19. The summed E-state index contributed by atoms with van der Waals surface area (Å²) in [4.78, 5) is 24.6. The molecule has 2 atom stereocenters. The third kappa shape index (κ3) is 2.75. The molecule has 122 valence electrons. The first-order valence-corrected chi connectivity index (χ1v) is 8.00. The smallest absolute Gasteiger partial charge is 0.352 e. The van der Waals surface area contributed by atoms with Crippen LogP contribution in [0.4, 0.5) is 0 Å². The van der Waals surface area contributed by atoms with Crippen molar-refractivity contribution < 1.29 is 24.2 Å². The number of methoxy groups -OCH3 is 1. The molecule has 0 aliphatic carbocycles. The highest BCUT2D eigenvalue weighted by Crippen LogP contribution is 2.39. The number of rotatable bonds is 5. The highest BCUT2D eigenvalue weighted by Gasteiger charge is 2.51. The Kier molecular flexibility index (Phi) is 4.18. The van der Waals surface area contributed by atoms with E-state index in [4.69, 9.17) is 15.2 Å². The van der Waals surface area contributed by atoms with Crippen molar-refractivity contribution in [3.8, 4) is 11.5 Å². The standard InChI is InChI=1S/C15H16N2O5S/c1-21-9-2-4-10(5-3-9)22-6-8-7-23-14-11(16)13(18)17(14)12(8)15(19)20/h2-5,11,14H,6-7,16H2,1H3,(H,19,20)/t11?,14-/m0/s1. The van der Waals surface area contributed by atoms with Crippen LogP contribution in [0.1, 0.15) is 0 Å². The van der Waals surface area contributed by atoms with E-state index >= 15 is 0 Å². The summed E-state index contributed by atoms with van der Waals surface area (Å²) in [6.45, 7) is 0.104. The first-order valence-electron chi connectivity index (χ1n) is 6.95. The van der Waals surface area contributed by atoms with Crippen molar-refractivity contribution in [1.29, 1.82) is 0 Å². The molecule has 8 heteroatoms. The number of carbonyl (C=O) groups is 2. The van der Waals surface area contributed by atoms with Crippen molar-refractivity contribution in [2.75, 3.05) is 19.5 Å². The van der Waals surface area contributed by atoms with Crippen LogP contribution in [0.5, 0.6) is 11.5 Å². The summed E-state index contributed by atoms with van der Waals surface area (Å²) in [5, 5.41) is 9.13. The van der Waals surface area contributed by atoms with Crippen molar-refractivity contribution in [1.82, 2.24) is 4.90 Å². The van der Waals surface area contributed by atoms with Gasteiger partial charge >= 0.3 is 5.97 Å². The van der Waals surface area contributed by atoms with Gasteiger partial charge in [0, 0.05) is 11.3 Å². The van der Waals surface area contributed by atoms with Crippen LogP contribution in [0.2, 0.25) is 0 Å². The van der Waals surface area contributed by atoms with E-state index in [-0.39, 0.29) is 23.6 Å². The minimum Gasteiger partial charge on any atom is -0.497 e. The second-order valence-corrected chi connectivity index (χ2v) is 6.26. The fraction of sp³-hybridized carbons (Fsp3) is 0.333. The summed E-state index contributed by atoms with van der Waals surface area (Å²) in [5.41, 5.74) is 6.27. The SMILES string of the molecule is COc1ccc(OCC2=C(C(=O)O)N3C(=O)C(N)[C@@H]3SC2)cc1. The molecule has 1 aromatic rings. The molecule has 0 saturated carbocycles. The van der Waals surface area contributed by atoms with Gasteiger partial charge in [-0.15, -0.1) is 11.8 Å². The number of fused-ring (bicyclic) bond motifs is 1. The highest BCUT2D eigenvalue weighted by atomic mass is 32.2. The molecule has 1 saturated heterocycles. The molecule has 1 fully saturated rings. The lowest BCUT2D eigenvalue weighted by Gasteiger charge is -2.47. The number of hydrogen-bond acceptors (Lipinski definition) is 6. The summed E-state index contributed by atoms with van der Waals surface area (Å²) in [5.74, 6) is 0.283. The second-order valence-electron chi connectivity index (χ2n) is 5.16. The lowest BCUT2D eigenvalue weighted by atomic mass is 10.0. The number of nitrogens with two attached hydrogens (primary N) is 1. The Labute approximate surface area is 137 Å². The zero-order valence-electron chi connectivity index (χ0n) is 12.4. The maximum atomic E-state index is 11.8. The zero-order valence-corrected chi connectivity index (χ0v) is 13.2. The van der Waals surface area contributed by atoms with E-state index in [0.29, 0.717) is 22.8 Å². The summed E-state index contributed by atoms with van der Waals surface area (Å²) >= 11 is 1.45. The molecule has 2 heterocycles. The number of nitrogens with zero attached hydrogens (tertiary/aromatic N) is 1. The summed E-state index contributed by atoms with van der Waals surface area (Å²) < 4.78 is 10.7. The molecule has 1 unspecified atom stereocenters. The van der Waals surface area contributed by atoms with E-state index < -0.39 is 12.0 Å². The maximum absolute atomic E-state index is 11.8. The number of hydrogen-bond donors (Lipinski definition) is 2. The minimum absolute atomic E-state index is 0.00559. The second kappa shape index (κ2) is 6.13. The van der Waals surface area contributed by atoms with Gasteiger partial charge in [0.2, 0.25) is 5.91 Å². The van der Waals surface area contributed by atoms with Gasteiger partial charge in [-0.1, -0.05) is 0 Å². The normalized spacial score (nSPS) is 23.2. The topological polar surface area (TPSA) is 102 Å². The van der Waals surface area contributed by atoms with Gasteiger partial charge in [-0.2, -0.15) is 0 Å². The Morgan fingerprint density at radius 2 is 2.04 bits per heavy atom. The number of carbonyl (C=O) groups excluding carboxylic acids is 1. The summed E-state index contributed by atoms with van der Waals surface area (Å²) in [6.07, 6.45) is 0. The van der Waals surface area contributed by atoms with Crippen LogP contribution in [0.15, 0.2) is 35.5 Å². The number of aliphatic carboxylic acids is 1. The molecule has 3 rings (SSSR count). The Morgan fingerprint density at radius 3 is 2.65 bits per heavy atom. The molecule has 7 nitrogen and oxygen atoms in total. The van der Waals surface area contributed by atoms with Crippen LogP contribution in [0.3, 0.4) is 0 Å². The van der Waals surface area contributed by atoms with Crippen LogP contribution >= 0.6 is 11.8 Å². The molecule has 2 aliphatic rings. The van der Waals surface area contributed by atoms with Gasteiger partial charge in [-0.3, -0.25) is 9.69 Å². The minimum atomic E-state index is -1.14. The lowest BCUT2D eigenvalue weighted by molar-refractivity contribution is -0.148. The van der Waals surface area contributed by atoms with Gasteiger partial charge in [0.1, 0.15) is 35.2 Å². The fourth-order valence-corrected chi connectivity index (χ4v) is 3.81. The molecule has 23 heavy (non-hydrogen) atoms. The van der Waals surface area contributed by atoms with Gasteiger partial charge < -0.3 is 20.3 Å². The highest BCUT2D eigenvalue weighted by molar-refractivity contribution is 8.00. The Balaban J connectivity index is 1.76. The van der Waals surface area contributed by atoms with Crippen molar-refractivity contribution in [3.05, 3.63) is 35.5 Å². The number of carboxylic acids is 1. The van der Waals surface area contributed by atoms with Crippen molar-refractivity contribution in [3.63, 3.8) is 0 Å². The summed E-state index contributed by atoms with van der Waals surface area (Å²) in [7, 11) is 1.57. The van der Waals surface area contributed by atoms with E-state index in [1.54, 1.807) is 31.4 Å². The quantitative estimate of drug-likeness (QED) is 0.761. The van der Waals surface area contributed by atoms with Gasteiger partial charge in [-0.25, -0.2) is 4.79 Å². The predicted octanol–water partition coefficient (Wildman–Crippen LogP) is 0.655. The predicted molar refractivity (Wildman–Crippen MR) is 84.2 cm³/mol. The first kappa shape index (κ1) is 15.7. The van der Waals surface area contributed by atoms with Crippen molar-refractivity contribution in [2.24, 2.45) is 5.73 Å². The Bertz CT molecular complexity index is 673. The fourth-order valence-electron chi connectivity index (χ4n) is 2.53. The zero-order chi connectivity index (χ0) is 16.6. The number of amides is 1. The molecule has 1 aromatic carbocycles. The molecule has 0 spiro atoms. The molecular formula is C15H16N2O5S. The molecular weight excluding hydrogens is 320 g/mol. The molecule has 1 amide bonds. The van der Waals surface area contributed by atoms with Crippen molar-refractivity contribution in [2.45, 2.75) is 11.4 Å². The lowest BCUT2D eigenvalue weighted by Crippen LogP contribution is -2.68. The van der Waals surface area contributed by atoms with E-state index in [2.05, 4.69) is 0 Å². The molecule has 2 aliphatic heterocycles. The van der Waals surface area contributed by atoms with Crippen LogP contribution in [0.25, 0.3) is 0 Å². The first-order chi connectivity index (χ1) is 11.0. The number of thioether (sulfide) groups is 1. The van der Waals surface area contributed by atoms with E-state index in [1.165, 1.54) is 16.7 Å². The third-order valence-electron chi connectivity index (χ3n) is 3.76. The van der Waals surface area contributed by atoms with E-state index in [0.717, 1.165) is 0 Å². The largest absolute Gasteiger partial charge is 0.497 e. The molecule has 0 bridgehead atoms. The van der Waals surface area contributed by atoms with Crippen molar-refractivity contribution >= 4 is 23.6 Å². The van der Waals surface area contributed by atoms with Gasteiger partial charge in [-0.05, 0) is 24.3 Å². The summed E-state index contributed by atoms with van der Waals surface area (Å²) in [6, 6.07) is 6.36. The average molecular weight is 336 g/mol. The number of benzene rings is 1. The van der Waals surface area contributed by atoms with Gasteiger partial charge in [0.05, 0.1) is 7.11 Å². The van der Waals surface area contributed by atoms with Crippen LogP contribution in [-0.4, -0.2) is 52.8 Å². The molecule has 3 N–H and O–H groups in total. The van der Waals surface area contributed by atoms with E-state index in [1.807, 2.05) is 0 Å².